The van der Waals surface area contributed by atoms with Crippen molar-refractivity contribution in [2.75, 3.05) is 11.8 Å². The summed E-state index contributed by atoms with van der Waals surface area (Å²) < 4.78 is 23.1. The fourth-order valence-corrected chi connectivity index (χ4v) is 3.27. The van der Waals surface area contributed by atoms with Gasteiger partial charge in [0.15, 0.2) is 12.1 Å². The topological polar surface area (TPSA) is 133 Å². The molecule has 2 aliphatic rings. The molecule has 28 heavy (non-hydrogen) atoms. The molecular weight excluding hydrogens is 372 g/mol. The molecule has 0 spiro atoms. The van der Waals surface area contributed by atoms with Gasteiger partial charge in [0, 0.05) is 6.92 Å². The lowest BCUT2D eigenvalue weighted by molar-refractivity contribution is -0.369. The number of nitrogens with zero attached hydrogens (tertiary/aromatic N) is 1. The number of aliphatic hydroxyl groups is 1. The van der Waals surface area contributed by atoms with Gasteiger partial charge >= 0.3 is 0 Å². The van der Waals surface area contributed by atoms with E-state index in [0.717, 1.165) is 0 Å². The maximum absolute atomic E-state index is 11.6. The van der Waals surface area contributed by atoms with Gasteiger partial charge in [-0.25, -0.2) is 0 Å². The molecule has 2 saturated heterocycles. The van der Waals surface area contributed by atoms with Gasteiger partial charge in [-0.2, -0.15) is 0 Å². The minimum Gasteiger partial charge on any atom is -0.733 e. The van der Waals surface area contributed by atoms with E-state index in [1.54, 1.807) is 26.0 Å². The number of amides is 1. The van der Waals surface area contributed by atoms with Crippen molar-refractivity contribution in [3.63, 3.8) is 0 Å². The summed E-state index contributed by atoms with van der Waals surface area (Å²) in [7, 11) is 0. The summed E-state index contributed by atoms with van der Waals surface area (Å²) in [5, 5.41) is 32.9. The molecule has 156 valence electrons. The summed E-state index contributed by atoms with van der Waals surface area (Å²) in [6.45, 7) is 5.14. The molecule has 0 aliphatic carbocycles. The summed E-state index contributed by atoms with van der Waals surface area (Å²) >= 11 is 0. The van der Waals surface area contributed by atoms with Crippen LogP contribution in [0.25, 0.3) is 0 Å². The summed E-state index contributed by atoms with van der Waals surface area (Å²) in [5.74, 6) is -1.21. The second-order valence-corrected chi connectivity index (χ2v) is 7.30. The average molecular weight is 397 g/mol. The Morgan fingerprint density at radius 1 is 1.39 bits per heavy atom. The third kappa shape index (κ3) is 4.78. The van der Waals surface area contributed by atoms with Crippen molar-refractivity contribution in [3.05, 3.63) is 35.0 Å². The SMILES string of the molecule is CC(=O)NC1C(OCc2ccc(N([O-])O)cc2)OC2COC(C)(C)OC2C1O. The molecule has 0 bridgehead atoms. The van der Waals surface area contributed by atoms with Crippen LogP contribution >= 0.6 is 0 Å². The van der Waals surface area contributed by atoms with E-state index in [9.17, 15) is 15.1 Å². The van der Waals surface area contributed by atoms with Crippen molar-refractivity contribution in [2.45, 2.75) is 63.8 Å². The maximum Gasteiger partial charge on any atom is 0.217 e. The number of hydrogen-bond acceptors (Lipinski definition) is 9. The highest BCUT2D eigenvalue weighted by Gasteiger charge is 2.51. The number of anilines is 1. The molecule has 5 atom stereocenters. The molecule has 2 fully saturated rings. The van der Waals surface area contributed by atoms with Crippen molar-refractivity contribution in [1.82, 2.24) is 5.32 Å². The second-order valence-electron chi connectivity index (χ2n) is 7.30. The molecule has 3 N–H and O–H groups in total. The Balaban J connectivity index is 1.70. The largest absolute Gasteiger partial charge is 0.733 e. The number of carbonyl (C=O) groups is 1. The number of aliphatic hydroxyl groups excluding tert-OH is 1. The zero-order chi connectivity index (χ0) is 20.5. The molecule has 3 rings (SSSR count). The lowest BCUT2D eigenvalue weighted by Crippen LogP contribution is -2.68. The fraction of sp³-hybridized carbons (Fsp3) is 0.611. The molecule has 2 aliphatic heterocycles. The standard InChI is InChI=1S/C18H25N2O8/c1-10(21)19-14-15(22)16-13(9-26-18(2,3)28-16)27-17(14)25-8-11-4-6-12(7-5-11)20(23)24/h4-7,13-17,22-23H,8-9H2,1-3H3,(H,19,21)/q-1. The van der Waals surface area contributed by atoms with Gasteiger partial charge in [0.25, 0.3) is 0 Å². The number of nitrogens with one attached hydrogen (secondary N) is 1. The van der Waals surface area contributed by atoms with Gasteiger partial charge < -0.3 is 39.8 Å². The van der Waals surface area contributed by atoms with E-state index in [1.165, 1.54) is 19.1 Å². The number of rotatable bonds is 5. The maximum atomic E-state index is 11.6. The molecule has 5 unspecified atom stereocenters. The summed E-state index contributed by atoms with van der Waals surface area (Å²) in [6.07, 6.45) is -3.21. The molecule has 1 aromatic carbocycles. The normalized spacial score (nSPS) is 31.7. The Labute approximate surface area is 162 Å². The van der Waals surface area contributed by atoms with Gasteiger partial charge in [0.2, 0.25) is 5.91 Å². The van der Waals surface area contributed by atoms with Crippen LogP contribution in [0.15, 0.2) is 24.3 Å². The predicted octanol–water partition coefficient (Wildman–Crippen LogP) is 0.639. The lowest BCUT2D eigenvalue weighted by Gasteiger charge is -2.49. The average Bonchev–Trinajstić information content (AvgIpc) is 2.63. The predicted molar refractivity (Wildman–Crippen MR) is 96.0 cm³/mol. The number of ether oxygens (including phenoxy) is 4. The van der Waals surface area contributed by atoms with Crippen molar-refractivity contribution in [1.29, 1.82) is 0 Å². The molecule has 0 radical (unpaired) electrons. The molecule has 1 amide bonds. The van der Waals surface area contributed by atoms with Gasteiger partial charge in [-0.05, 0) is 31.5 Å². The highest BCUT2D eigenvalue weighted by molar-refractivity contribution is 5.73. The second kappa shape index (κ2) is 8.29. The molecule has 0 aromatic heterocycles. The smallest absolute Gasteiger partial charge is 0.217 e. The van der Waals surface area contributed by atoms with Crippen molar-refractivity contribution in [3.8, 4) is 0 Å². The quantitative estimate of drug-likeness (QED) is 0.612. The van der Waals surface area contributed by atoms with E-state index in [-0.39, 0.29) is 30.0 Å². The first-order valence-electron chi connectivity index (χ1n) is 8.95. The highest BCUT2D eigenvalue weighted by Crippen LogP contribution is 2.33. The van der Waals surface area contributed by atoms with Crippen LogP contribution < -0.4 is 10.5 Å². The van der Waals surface area contributed by atoms with E-state index in [1.807, 2.05) is 0 Å². The van der Waals surface area contributed by atoms with Gasteiger partial charge in [0.05, 0.1) is 18.9 Å². The van der Waals surface area contributed by atoms with E-state index >= 15 is 0 Å². The highest BCUT2D eigenvalue weighted by atomic mass is 16.8. The van der Waals surface area contributed by atoms with E-state index in [0.29, 0.717) is 5.56 Å². The minimum absolute atomic E-state index is 0.0890. The van der Waals surface area contributed by atoms with E-state index in [4.69, 9.17) is 24.2 Å². The van der Waals surface area contributed by atoms with Gasteiger partial charge in [0.1, 0.15) is 24.4 Å². The molecule has 1 aromatic rings. The third-order valence-corrected chi connectivity index (χ3v) is 4.63. The summed E-state index contributed by atoms with van der Waals surface area (Å²) in [5.41, 5.74) is 0.802. The lowest BCUT2D eigenvalue weighted by atomic mass is 9.95. The Bertz CT molecular complexity index is 681. The summed E-state index contributed by atoms with van der Waals surface area (Å²) in [4.78, 5) is 11.6. The monoisotopic (exact) mass is 397 g/mol. The number of hydrogen-bond donors (Lipinski definition) is 3. The zero-order valence-electron chi connectivity index (χ0n) is 15.9. The molecule has 2 heterocycles. The third-order valence-electron chi connectivity index (χ3n) is 4.63. The fourth-order valence-electron chi connectivity index (χ4n) is 3.27. The van der Waals surface area contributed by atoms with E-state index < -0.39 is 36.4 Å². The van der Waals surface area contributed by atoms with Crippen molar-refractivity contribution < 1.29 is 34.1 Å². The van der Waals surface area contributed by atoms with Gasteiger partial charge in [-0.3, -0.25) is 10.0 Å². The number of fused-ring (bicyclic) bond motifs is 1. The van der Waals surface area contributed by atoms with Crippen LogP contribution in [0.2, 0.25) is 0 Å². The zero-order valence-corrected chi connectivity index (χ0v) is 15.9. The van der Waals surface area contributed by atoms with Crippen LogP contribution in [0.3, 0.4) is 0 Å². The number of carbonyl (C=O) groups excluding carboxylic acids is 1. The molecule has 0 saturated carbocycles. The molecule has 10 heteroatoms. The molecular formula is C18H25N2O8-. The Morgan fingerprint density at radius 3 is 2.68 bits per heavy atom. The summed E-state index contributed by atoms with van der Waals surface area (Å²) in [6, 6.07) is 5.27. The Morgan fingerprint density at radius 2 is 2.07 bits per heavy atom. The Kier molecular flexibility index (Phi) is 6.20. The first-order chi connectivity index (χ1) is 13.2. The number of benzene rings is 1. The first kappa shape index (κ1) is 20.9. The van der Waals surface area contributed by atoms with Crippen LogP contribution in [-0.4, -0.2) is 59.3 Å². The van der Waals surface area contributed by atoms with Crippen molar-refractivity contribution in [2.24, 2.45) is 0 Å². The van der Waals surface area contributed by atoms with Crippen LogP contribution in [0.4, 0.5) is 5.69 Å². The van der Waals surface area contributed by atoms with Crippen LogP contribution in [0, 0.1) is 5.21 Å². The molecule has 10 nitrogen and oxygen atoms in total. The Hall–Kier alpha value is -1.79. The van der Waals surface area contributed by atoms with Gasteiger partial charge in [-0.1, -0.05) is 12.1 Å². The van der Waals surface area contributed by atoms with Crippen LogP contribution in [-0.2, 0) is 30.3 Å². The van der Waals surface area contributed by atoms with Gasteiger partial charge in [-0.15, -0.1) is 0 Å². The first-order valence-corrected chi connectivity index (χ1v) is 8.95. The van der Waals surface area contributed by atoms with Crippen molar-refractivity contribution >= 4 is 11.6 Å². The minimum atomic E-state index is -1.05. The van der Waals surface area contributed by atoms with E-state index in [2.05, 4.69) is 5.32 Å². The van der Waals surface area contributed by atoms with Crippen LogP contribution in [0.5, 0.6) is 0 Å². The van der Waals surface area contributed by atoms with Crippen LogP contribution in [0.1, 0.15) is 26.3 Å².